The van der Waals surface area contributed by atoms with E-state index in [1.54, 1.807) is 12.4 Å². The van der Waals surface area contributed by atoms with Crippen LogP contribution >= 0.6 is 11.6 Å². The molecule has 1 unspecified atom stereocenters. The van der Waals surface area contributed by atoms with Gasteiger partial charge in [-0.25, -0.2) is 9.97 Å². The summed E-state index contributed by atoms with van der Waals surface area (Å²) in [6, 6.07) is 3.98. The molecule has 1 aliphatic heterocycles. The third-order valence-corrected chi connectivity index (χ3v) is 5.62. The minimum atomic E-state index is 0.179. The van der Waals surface area contributed by atoms with Gasteiger partial charge in [-0.15, -0.1) is 0 Å². The van der Waals surface area contributed by atoms with Crippen molar-refractivity contribution >= 4 is 34.5 Å². The maximum Gasteiger partial charge on any atom is 0.225 e. The zero-order chi connectivity index (χ0) is 19.1. The van der Waals surface area contributed by atoms with Gasteiger partial charge in [-0.2, -0.15) is 0 Å². The minimum absolute atomic E-state index is 0.179. The Balaban J connectivity index is 1.38. The second kappa shape index (κ2) is 7.05. The van der Waals surface area contributed by atoms with Crippen molar-refractivity contribution < 1.29 is 4.79 Å². The Morgan fingerprint density at radius 3 is 2.93 bits per heavy atom. The number of aromatic amines is 1. The topological polar surface area (TPSA) is 86.8 Å². The summed E-state index contributed by atoms with van der Waals surface area (Å²) >= 11 is 6.30. The van der Waals surface area contributed by atoms with Crippen LogP contribution in [0.1, 0.15) is 25.7 Å². The third-order valence-electron chi connectivity index (χ3n) is 5.42. The van der Waals surface area contributed by atoms with Gasteiger partial charge < -0.3 is 15.2 Å². The first-order valence-corrected chi connectivity index (χ1v) is 10.1. The standard InChI is InChI=1S/C20H21ClN6O/c21-16-8-13(15-10-24-19-18(15)22-5-6-23-19)9-17(26-16)25-14-2-1-7-27(11-14)20(28)12-3-4-12/h5-6,8-10,12,14H,1-4,7,11H2,(H,23,24)(H,25,26). The first kappa shape index (κ1) is 17.4. The predicted octanol–water partition coefficient (Wildman–Crippen LogP) is 3.49. The molecule has 3 aromatic rings. The van der Waals surface area contributed by atoms with E-state index in [9.17, 15) is 4.79 Å². The number of halogens is 1. The van der Waals surface area contributed by atoms with Crippen LogP contribution in [0.25, 0.3) is 22.3 Å². The molecule has 2 aliphatic rings. The number of aromatic nitrogens is 4. The molecule has 0 spiro atoms. The van der Waals surface area contributed by atoms with E-state index in [0.717, 1.165) is 61.1 Å². The summed E-state index contributed by atoms with van der Waals surface area (Å²) in [4.78, 5) is 30.7. The van der Waals surface area contributed by atoms with Gasteiger partial charge in [-0.1, -0.05) is 11.6 Å². The zero-order valence-corrected chi connectivity index (χ0v) is 16.1. The highest BCUT2D eigenvalue weighted by Gasteiger charge is 2.35. The lowest BCUT2D eigenvalue weighted by Gasteiger charge is -2.33. The number of carbonyl (C=O) groups is 1. The molecular formula is C20H21ClN6O. The van der Waals surface area contributed by atoms with Crippen LogP contribution in [0.15, 0.2) is 30.7 Å². The monoisotopic (exact) mass is 396 g/mol. The SMILES string of the molecule is O=C(C1CC1)N1CCCC(Nc2cc(-c3c[nH]c4nccnc34)cc(Cl)n2)C1. The fourth-order valence-electron chi connectivity index (χ4n) is 3.89. The van der Waals surface area contributed by atoms with Gasteiger partial charge in [0.2, 0.25) is 5.91 Å². The van der Waals surface area contributed by atoms with Crippen molar-refractivity contribution in [2.24, 2.45) is 5.92 Å². The number of likely N-dealkylation sites (tertiary alicyclic amines) is 1. The Morgan fingerprint density at radius 2 is 2.07 bits per heavy atom. The van der Waals surface area contributed by atoms with Crippen LogP contribution < -0.4 is 5.32 Å². The number of hydrogen-bond donors (Lipinski definition) is 2. The first-order chi connectivity index (χ1) is 13.7. The lowest BCUT2D eigenvalue weighted by atomic mass is 10.0. The van der Waals surface area contributed by atoms with Crippen molar-refractivity contribution in [2.45, 2.75) is 31.7 Å². The number of H-pyrrole nitrogens is 1. The maximum absolute atomic E-state index is 12.4. The van der Waals surface area contributed by atoms with E-state index in [0.29, 0.717) is 16.9 Å². The summed E-state index contributed by atoms with van der Waals surface area (Å²) in [5.74, 6) is 1.28. The molecule has 4 heterocycles. The summed E-state index contributed by atoms with van der Waals surface area (Å²) in [5, 5.41) is 3.90. The van der Waals surface area contributed by atoms with E-state index in [1.165, 1.54) is 0 Å². The minimum Gasteiger partial charge on any atom is -0.365 e. The lowest BCUT2D eigenvalue weighted by molar-refractivity contribution is -0.133. The van der Waals surface area contributed by atoms with Gasteiger partial charge in [0, 0.05) is 49.2 Å². The fraction of sp³-hybridized carbons (Fsp3) is 0.400. The highest BCUT2D eigenvalue weighted by Crippen LogP contribution is 2.33. The highest BCUT2D eigenvalue weighted by molar-refractivity contribution is 6.29. The summed E-state index contributed by atoms with van der Waals surface area (Å²) in [6.07, 6.45) is 9.32. The number of rotatable bonds is 4. The molecule has 3 aromatic heterocycles. The number of carbonyl (C=O) groups excluding carboxylic acids is 1. The van der Waals surface area contributed by atoms with Crippen LogP contribution in [-0.2, 0) is 4.79 Å². The largest absolute Gasteiger partial charge is 0.365 e. The van der Waals surface area contributed by atoms with Crippen LogP contribution in [0, 0.1) is 5.92 Å². The second-order valence-corrected chi connectivity index (χ2v) is 7.95. The van der Waals surface area contributed by atoms with E-state index in [1.807, 2.05) is 23.2 Å². The van der Waals surface area contributed by atoms with Crippen molar-refractivity contribution in [2.75, 3.05) is 18.4 Å². The van der Waals surface area contributed by atoms with Gasteiger partial charge in [0.15, 0.2) is 5.65 Å². The molecule has 1 saturated heterocycles. The summed E-state index contributed by atoms with van der Waals surface area (Å²) in [6.45, 7) is 1.58. The quantitative estimate of drug-likeness (QED) is 0.659. The summed E-state index contributed by atoms with van der Waals surface area (Å²) < 4.78 is 0. The highest BCUT2D eigenvalue weighted by atomic mass is 35.5. The number of pyridine rings is 1. The Hall–Kier alpha value is -2.67. The van der Waals surface area contributed by atoms with Crippen LogP contribution in [0.2, 0.25) is 5.15 Å². The maximum atomic E-state index is 12.4. The van der Waals surface area contributed by atoms with E-state index in [-0.39, 0.29) is 12.0 Å². The first-order valence-electron chi connectivity index (χ1n) is 9.69. The van der Waals surface area contributed by atoms with Crippen molar-refractivity contribution in [1.29, 1.82) is 0 Å². The fourth-order valence-corrected chi connectivity index (χ4v) is 4.10. The van der Waals surface area contributed by atoms with Gasteiger partial charge in [0.25, 0.3) is 0 Å². The molecule has 144 valence electrons. The predicted molar refractivity (Wildman–Crippen MR) is 108 cm³/mol. The van der Waals surface area contributed by atoms with E-state index < -0.39 is 0 Å². The van der Waals surface area contributed by atoms with Gasteiger partial charge >= 0.3 is 0 Å². The van der Waals surface area contributed by atoms with E-state index in [4.69, 9.17) is 11.6 Å². The molecule has 8 heteroatoms. The van der Waals surface area contributed by atoms with Crippen molar-refractivity contribution in [3.8, 4) is 11.1 Å². The van der Waals surface area contributed by atoms with Gasteiger partial charge in [0.1, 0.15) is 16.5 Å². The lowest BCUT2D eigenvalue weighted by Crippen LogP contribution is -2.45. The van der Waals surface area contributed by atoms with E-state index >= 15 is 0 Å². The van der Waals surface area contributed by atoms with E-state index in [2.05, 4.69) is 25.3 Å². The summed E-state index contributed by atoms with van der Waals surface area (Å²) in [7, 11) is 0. The summed E-state index contributed by atoms with van der Waals surface area (Å²) in [5.41, 5.74) is 3.40. The number of amides is 1. The number of fused-ring (bicyclic) bond motifs is 1. The molecule has 28 heavy (non-hydrogen) atoms. The van der Waals surface area contributed by atoms with Crippen molar-refractivity contribution in [3.63, 3.8) is 0 Å². The number of hydrogen-bond acceptors (Lipinski definition) is 5. The Morgan fingerprint density at radius 1 is 1.21 bits per heavy atom. The van der Waals surface area contributed by atoms with Crippen LogP contribution in [0.5, 0.6) is 0 Å². The Bertz CT molecular complexity index is 1030. The average molecular weight is 397 g/mol. The van der Waals surface area contributed by atoms with Crippen LogP contribution in [0.4, 0.5) is 5.82 Å². The molecule has 1 saturated carbocycles. The average Bonchev–Trinajstić information content (AvgIpc) is 3.46. The Kier molecular flexibility index (Phi) is 4.39. The zero-order valence-electron chi connectivity index (χ0n) is 15.4. The molecule has 1 atom stereocenters. The molecule has 7 nitrogen and oxygen atoms in total. The van der Waals surface area contributed by atoms with Crippen molar-refractivity contribution in [3.05, 3.63) is 35.9 Å². The number of nitrogens with zero attached hydrogens (tertiary/aromatic N) is 4. The second-order valence-electron chi connectivity index (χ2n) is 7.56. The molecule has 0 bridgehead atoms. The number of anilines is 1. The van der Waals surface area contributed by atoms with Gasteiger partial charge in [-0.3, -0.25) is 9.78 Å². The number of nitrogens with one attached hydrogen (secondary N) is 2. The molecule has 1 aliphatic carbocycles. The molecule has 2 N–H and O–H groups in total. The van der Waals surface area contributed by atoms with Crippen LogP contribution in [-0.4, -0.2) is 49.9 Å². The molecule has 0 aromatic carbocycles. The van der Waals surface area contributed by atoms with Gasteiger partial charge in [-0.05, 0) is 43.4 Å². The molecule has 5 rings (SSSR count). The molecule has 1 amide bonds. The molecule has 0 radical (unpaired) electrons. The van der Waals surface area contributed by atoms with Gasteiger partial charge in [0.05, 0.1) is 0 Å². The Labute approximate surface area is 167 Å². The molecular weight excluding hydrogens is 376 g/mol. The smallest absolute Gasteiger partial charge is 0.225 e. The van der Waals surface area contributed by atoms with Crippen molar-refractivity contribution in [1.82, 2.24) is 24.8 Å². The normalized spacial score (nSPS) is 19.8. The number of piperidine rings is 1. The molecule has 2 fully saturated rings. The third kappa shape index (κ3) is 3.42. The van der Waals surface area contributed by atoms with Crippen LogP contribution in [0.3, 0.4) is 0 Å².